The van der Waals surface area contributed by atoms with Crippen LogP contribution in [0.4, 0.5) is 8.78 Å². The van der Waals surface area contributed by atoms with Crippen LogP contribution in [0.2, 0.25) is 0 Å². The highest BCUT2D eigenvalue weighted by Gasteiger charge is 2.41. The minimum atomic E-state index is -1.36. The number of hydrazine groups is 1. The maximum atomic E-state index is 14.8. The van der Waals surface area contributed by atoms with E-state index in [1.54, 1.807) is 55.4 Å². The van der Waals surface area contributed by atoms with Crippen LogP contribution in [0.5, 0.6) is 0 Å². The molecule has 37 heavy (non-hydrogen) atoms. The number of rotatable bonds is 9. The lowest BCUT2D eigenvalue weighted by molar-refractivity contribution is -0.139. The van der Waals surface area contributed by atoms with Gasteiger partial charge in [0, 0.05) is 26.1 Å². The van der Waals surface area contributed by atoms with Crippen LogP contribution >= 0.6 is 0 Å². The number of pyridine rings is 1. The number of aromatic nitrogens is 1. The molecule has 198 valence electrons. The summed E-state index contributed by atoms with van der Waals surface area (Å²) in [7, 11) is 3.44. The summed E-state index contributed by atoms with van der Waals surface area (Å²) < 4.78 is 29.2. The minimum Gasteiger partial charge on any atom is -0.384 e. The molecule has 0 bridgehead atoms. The standard InChI is InChI=1S/C26H33F2N7O2/c1-33(2)22(29)14-34(30)15-23(36)35-13-18(27)12-21(35)26(37)32-24(17-6-4-3-5-7-17)20-11-10-19(16-8-9-16)25(28)31-20/h3-7,10-11,14,16,18,21,24H,8-9,12-13,15,29-30H2,1-2H3,(H,32,37)/b22-14+/t18-,21+,24+/m1/s1. The van der Waals surface area contributed by atoms with Crippen LogP contribution in [0, 0.1) is 5.95 Å². The predicted molar refractivity (Wildman–Crippen MR) is 134 cm³/mol. The summed E-state index contributed by atoms with van der Waals surface area (Å²) in [4.78, 5) is 33.3. The number of amides is 2. The third-order valence-electron chi connectivity index (χ3n) is 6.64. The summed E-state index contributed by atoms with van der Waals surface area (Å²) in [6.07, 6.45) is 1.74. The number of nitrogens with two attached hydrogens (primary N) is 2. The lowest BCUT2D eigenvalue weighted by atomic mass is 10.0. The van der Waals surface area contributed by atoms with Gasteiger partial charge in [0.2, 0.25) is 17.8 Å². The van der Waals surface area contributed by atoms with E-state index in [2.05, 4.69) is 10.3 Å². The Morgan fingerprint density at radius 1 is 1.22 bits per heavy atom. The smallest absolute Gasteiger partial charge is 0.244 e. The zero-order chi connectivity index (χ0) is 26.7. The van der Waals surface area contributed by atoms with Gasteiger partial charge in [-0.25, -0.2) is 15.2 Å². The topological polar surface area (TPSA) is 121 Å². The second-order valence-corrected chi connectivity index (χ2v) is 9.76. The molecular formula is C26H33F2N7O2. The Hall–Kier alpha value is -3.73. The molecule has 2 amide bonds. The van der Waals surface area contributed by atoms with E-state index in [9.17, 15) is 18.4 Å². The SMILES string of the molecule is CN(C)/C(N)=C/N(N)CC(=O)N1C[C@H](F)C[C@H]1C(=O)N[C@@H](c1ccccc1)c1ccc(C2CC2)c(F)n1. The van der Waals surface area contributed by atoms with Gasteiger partial charge in [0.05, 0.1) is 24.5 Å². The van der Waals surface area contributed by atoms with Gasteiger partial charge >= 0.3 is 0 Å². The molecule has 1 saturated carbocycles. The molecular weight excluding hydrogens is 480 g/mol. The molecule has 2 heterocycles. The van der Waals surface area contributed by atoms with Crippen molar-refractivity contribution < 1.29 is 18.4 Å². The van der Waals surface area contributed by atoms with Crippen LogP contribution in [0.3, 0.4) is 0 Å². The van der Waals surface area contributed by atoms with Gasteiger partial charge < -0.3 is 25.9 Å². The van der Waals surface area contributed by atoms with Crippen molar-refractivity contribution in [2.75, 3.05) is 27.2 Å². The zero-order valence-electron chi connectivity index (χ0n) is 21.0. The van der Waals surface area contributed by atoms with Gasteiger partial charge in [-0.2, -0.15) is 4.39 Å². The van der Waals surface area contributed by atoms with Crippen molar-refractivity contribution >= 4 is 11.8 Å². The molecule has 1 saturated heterocycles. The first kappa shape index (κ1) is 26.3. The number of hydrogen-bond donors (Lipinski definition) is 3. The molecule has 11 heteroatoms. The predicted octanol–water partition coefficient (Wildman–Crippen LogP) is 1.74. The van der Waals surface area contributed by atoms with Crippen LogP contribution < -0.4 is 16.9 Å². The average molecular weight is 514 g/mol. The maximum absolute atomic E-state index is 14.8. The number of likely N-dealkylation sites (tertiary alicyclic amines) is 1. The number of nitrogens with one attached hydrogen (secondary N) is 1. The fourth-order valence-electron chi connectivity index (χ4n) is 4.42. The average Bonchev–Trinajstić information content (AvgIpc) is 3.62. The molecule has 3 atom stereocenters. The van der Waals surface area contributed by atoms with Gasteiger partial charge in [-0.15, -0.1) is 0 Å². The molecule has 9 nitrogen and oxygen atoms in total. The third kappa shape index (κ3) is 6.34. The molecule has 5 N–H and O–H groups in total. The first-order valence-electron chi connectivity index (χ1n) is 12.2. The van der Waals surface area contributed by atoms with Gasteiger partial charge in [-0.05, 0) is 30.4 Å². The Kier molecular flexibility index (Phi) is 7.91. The Balaban J connectivity index is 1.53. The number of halogens is 2. The number of carbonyl (C=O) groups is 2. The molecule has 0 radical (unpaired) electrons. The molecule has 2 fully saturated rings. The summed E-state index contributed by atoms with van der Waals surface area (Å²) in [6, 6.07) is 10.6. The van der Waals surface area contributed by atoms with E-state index >= 15 is 0 Å². The monoisotopic (exact) mass is 513 g/mol. The van der Waals surface area contributed by atoms with Crippen LogP contribution in [0.1, 0.15) is 48.0 Å². The van der Waals surface area contributed by atoms with Gasteiger partial charge in [0.25, 0.3) is 0 Å². The largest absolute Gasteiger partial charge is 0.384 e. The quantitative estimate of drug-likeness (QED) is 0.265. The molecule has 2 aliphatic rings. The third-order valence-corrected chi connectivity index (χ3v) is 6.64. The molecule has 1 aromatic heterocycles. The van der Waals surface area contributed by atoms with E-state index < -0.39 is 36.0 Å². The van der Waals surface area contributed by atoms with Gasteiger partial charge in [-0.3, -0.25) is 9.59 Å². The van der Waals surface area contributed by atoms with Crippen LogP contribution in [-0.4, -0.2) is 71.0 Å². The van der Waals surface area contributed by atoms with Crippen molar-refractivity contribution in [2.45, 2.75) is 43.4 Å². The lowest BCUT2D eigenvalue weighted by Crippen LogP contribution is -2.50. The number of nitrogens with zero attached hydrogens (tertiary/aromatic N) is 4. The minimum absolute atomic E-state index is 0.151. The number of hydrogen-bond acceptors (Lipinski definition) is 7. The summed E-state index contributed by atoms with van der Waals surface area (Å²) in [5.74, 6) is 4.79. The highest BCUT2D eigenvalue weighted by atomic mass is 19.1. The van der Waals surface area contributed by atoms with Crippen LogP contribution in [-0.2, 0) is 9.59 Å². The molecule has 1 aromatic carbocycles. The summed E-state index contributed by atoms with van der Waals surface area (Å²) in [5, 5.41) is 3.97. The van der Waals surface area contributed by atoms with E-state index in [4.69, 9.17) is 11.6 Å². The van der Waals surface area contributed by atoms with Gasteiger partial charge in [-0.1, -0.05) is 36.4 Å². The van der Waals surface area contributed by atoms with Crippen molar-refractivity contribution in [3.63, 3.8) is 0 Å². The van der Waals surface area contributed by atoms with Crippen molar-refractivity contribution in [3.05, 3.63) is 77.3 Å². The highest BCUT2D eigenvalue weighted by molar-refractivity contribution is 5.89. The Morgan fingerprint density at radius 3 is 2.54 bits per heavy atom. The molecule has 0 spiro atoms. The second kappa shape index (κ2) is 11.1. The zero-order valence-corrected chi connectivity index (χ0v) is 21.0. The first-order valence-corrected chi connectivity index (χ1v) is 12.2. The van der Waals surface area contributed by atoms with E-state index in [0.29, 0.717) is 22.6 Å². The van der Waals surface area contributed by atoms with E-state index in [0.717, 1.165) is 17.9 Å². The van der Waals surface area contributed by atoms with Gasteiger partial charge in [0.15, 0.2) is 0 Å². The molecule has 1 aliphatic carbocycles. The summed E-state index contributed by atoms with van der Waals surface area (Å²) >= 11 is 0. The molecule has 0 unspecified atom stereocenters. The van der Waals surface area contributed by atoms with E-state index in [1.807, 2.05) is 6.07 Å². The summed E-state index contributed by atoms with van der Waals surface area (Å²) in [6.45, 7) is -0.515. The highest BCUT2D eigenvalue weighted by Crippen LogP contribution is 2.41. The second-order valence-electron chi connectivity index (χ2n) is 9.76. The first-order chi connectivity index (χ1) is 17.6. The van der Waals surface area contributed by atoms with E-state index in [1.165, 1.54) is 11.1 Å². The fraction of sp³-hybridized carbons (Fsp3) is 0.423. The van der Waals surface area contributed by atoms with Crippen molar-refractivity contribution in [2.24, 2.45) is 11.6 Å². The van der Waals surface area contributed by atoms with Crippen molar-refractivity contribution in [1.29, 1.82) is 0 Å². The normalized spacial score (nSPS) is 20.5. The van der Waals surface area contributed by atoms with Crippen LogP contribution in [0.15, 0.2) is 54.5 Å². The number of benzene rings is 1. The van der Waals surface area contributed by atoms with E-state index in [-0.39, 0.29) is 25.4 Å². The van der Waals surface area contributed by atoms with Crippen molar-refractivity contribution in [3.8, 4) is 0 Å². The van der Waals surface area contributed by atoms with Crippen LogP contribution in [0.25, 0.3) is 0 Å². The Bertz CT molecular complexity index is 1160. The Morgan fingerprint density at radius 2 is 1.92 bits per heavy atom. The molecule has 1 aliphatic heterocycles. The number of carbonyl (C=O) groups excluding carboxylic acids is 2. The lowest BCUT2D eigenvalue weighted by Gasteiger charge is -2.28. The molecule has 2 aromatic rings. The summed E-state index contributed by atoms with van der Waals surface area (Å²) in [5.41, 5.74) is 7.42. The maximum Gasteiger partial charge on any atom is 0.244 e. The number of alkyl halides is 1. The van der Waals surface area contributed by atoms with Crippen molar-refractivity contribution in [1.82, 2.24) is 25.1 Å². The fourth-order valence-corrected chi connectivity index (χ4v) is 4.42. The van der Waals surface area contributed by atoms with Gasteiger partial charge in [0.1, 0.15) is 24.6 Å². The molecule has 4 rings (SSSR count). The Labute approximate surface area is 215 Å².